The lowest BCUT2D eigenvalue weighted by atomic mass is 10.3. The van der Waals surface area contributed by atoms with Crippen molar-refractivity contribution in [1.29, 1.82) is 0 Å². The number of hydrogen-bond donors (Lipinski definition) is 2. The molecule has 0 spiro atoms. The van der Waals surface area contributed by atoms with Gasteiger partial charge in [0, 0.05) is 12.3 Å². The van der Waals surface area contributed by atoms with Crippen LogP contribution in [-0.4, -0.2) is 25.7 Å². The largest absolute Gasteiger partial charge is 0.508 e. The molecule has 1 heterocycles. The van der Waals surface area contributed by atoms with Gasteiger partial charge in [-0.2, -0.15) is 4.98 Å². The maximum atomic E-state index is 11.2. The summed E-state index contributed by atoms with van der Waals surface area (Å²) < 4.78 is 1.35. The number of carboxylic acids is 1. The SMILES string of the molecule is O=C(O)c1cn(-c2cccc(O)c2)cnc1=O. The first-order valence-corrected chi connectivity index (χ1v) is 4.69. The molecule has 6 heteroatoms. The van der Waals surface area contributed by atoms with Crippen molar-refractivity contribution in [1.82, 2.24) is 9.55 Å². The molecule has 0 amide bonds. The Morgan fingerprint density at radius 2 is 2.12 bits per heavy atom. The summed E-state index contributed by atoms with van der Waals surface area (Å²) in [6.45, 7) is 0. The normalized spacial score (nSPS) is 10.1. The van der Waals surface area contributed by atoms with Crippen molar-refractivity contribution in [2.45, 2.75) is 0 Å². The standard InChI is InChI=1S/C11H8N2O4/c14-8-3-1-2-7(4-8)13-5-9(11(16)17)10(15)12-6-13/h1-6,14H,(H,16,17). The number of benzene rings is 1. The van der Waals surface area contributed by atoms with Gasteiger partial charge in [0.15, 0.2) is 0 Å². The molecule has 2 aromatic rings. The number of carbonyl (C=O) groups is 1. The van der Waals surface area contributed by atoms with Crippen LogP contribution in [0.1, 0.15) is 10.4 Å². The highest BCUT2D eigenvalue weighted by Crippen LogP contribution is 2.14. The molecule has 0 unspecified atom stereocenters. The summed E-state index contributed by atoms with van der Waals surface area (Å²) in [5, 5.41) is 18.1. The molecule has 0 fully saturated rings. The van der Waals surface area contributed by atoms with Gasteiger partial charge in [-0.25, -0.2) is 4.79 Å². The topological polar surface area (TPSA) is 92.4 Å². The Balaban J connectivity index is 2.58. The average Bonchev–Trinajstić information content (AvgIpc) is 2.29. The van der Waals surface area contributed by atoms with Gasteiger partial charge in [-0.3, -0.25) is 4.79 Å². The Bertz CT molecular complexity index is 633. The van der Waals surface area contributed by atoms with Crippen LogP contribution in [0.5, 0.6) is 5.75 Å². The van der Waals surface area contributed by atoms with Crippen LogP contribution in [0.4, 0.5) is 0 Å². The van der Waals surface area contributed by atoms with Crippen LogP contribution in [0.2, 0.25) is 0 Å². The minimum Gasteiger partial charge on any atom is -0.508 e. The first-order valence-electron chi connectivity index (χ1n) is 4.69. The van der Waals surface area contributed by atoms with Gasteiger partial charge in [-0.1, -0.05) is 6.07 Å². The molecule has 0 aliphatic carbocycles. The molecule has 2 rings (SSSR count). The van der Waals surface area contributed by atoms with E-state index in [9.17, 15) is 14.7 Å². The number of aromatic carboxylic acids is 1. The van der Waals surface area contributed by atoms with Crippen LogP contribution in [-0.2, 0) is 0 Å². The van der Waals surface area contributed by atoms with Crippen molar-refractivity contribution < 1.29 is 15.0 Å². The molecule has 0 radical (unpaired) electrons. The first-order chi connectivity index (χ1) is 8.08. The molecular weight excluding hydrogens is 224 g/mol. The molecule has 0 bridgehead atoms. The third kappa shape index (κ3) is 2.15. The van der Waals surface area contributed by atoms with Gasteiger partial charge >= 0.3 is 5.97 Å². The van der Waals surface area contributed by atoms with Crippen molar-refractivity contribution in [3.63, 3.8) is 0 Å². The van der Waals surface area contributed by atoms with Gasteiger partial charge in [0.05, 0.1) is 5.69 Å². The second-order valence-corrected chi connectivity index (χ2v) is 3.32. The van der Waals surface area contributed by atoms with E-state index in [4.69, 9.17) is 5.11 Å². The zero-order valence-corrected chi connectivity index (χ0v) is 8.57. The Morgan fingerprint density at radius 1 is 1.35 bits per heavy atom. The Kier molecular flexibility index (Phi) is 2.61. The van der Waals surface area contributed by atoms with Crippen LogP contribution >= 0.6 is 0 Å². The van der Waals surface area contributed by atoms with Crippen molar-refractivity contribution in [2.24, 2.45) is 0 Å². The summed E-state index contributed by atoms with van der Waals surface area (Å²) in [5.74, 6) is -1.30. The zero-order valence-electron chi connectivity index (χ0n) is 8.57. The quantitative estimate of drug-likeness (QED) is 0.792. The van der Waals surface area contributed by atoms with E-state index in [1.807, 2.05) is 0 Å². The molecule has 6 nitrogen and oxygen atoms in total. The van der Waals surface area contributed by atoms with Crippen LogP contribution in [0, 0.1) is 0 Å². The van der Waals surface area contributed by atoms with Crippen molar-refractivity contribution >= 4 is 5.97 Å². The number of nitrogens with zero attached hydrogens (tertiary/aromatic N) is 2. The minimum absolute atomic E-state index is 0.0399. The van der Waals surface area contributed by atoms with E-state index in [1.165, 1.54) is 23.0 Å². The Labute approximate surface area is 95.4 Å². The molecule has 1 aromatic heterocycles. The van der Waals surface area contributed by atoms with E-state index in [2.05, 4.69) is 4.98 Å². The molecule has 0 saturated carbocycles. The van der Waals surface area contributed by atoms with Gasteiger partial charge in [0.2, 0.25) is 0 Å². The van der Waals surface area contributed by atoms with Gasteiger partial charge in [0.1, 0.15) is 17.6 Å². The highest BCUT2D eigenvalue weighted by molar-refractivity contribution is 5.86. The molecule has 86 valence electrons. The Hall–Kier alpha value is -2.63. The molecule has 1 aromatic carbocycles. The highest BCUT2D eigenvalue weighted by atomic mass is 16.4. The predicted octanol–water partition coefficient (Wildman–Crippen LogP) is 0.636. The van der Waals surface area contributed by atoms with E-state index < -0.39 is 17.1 Å². The van der Waals surface area contributed by atoms with Crippen LogP contribution in [0.3, 0.4) is 0 Å². The average molecular weight is 232 g/mol. The smallest absolute Gasteiger partial charge is 0.342 e. The second-order valence-electron chi connectivity index (χ2n) is 3.32. The number of phenolic OH excluding ortho intramolecular Hbond substituents is 1. The number of phenols is 1. The molecule has 2 N–H and O–H groups in total. The number of aromatic hydroxyl groups is 1. The fourth-order valence-electron chi connectivity index (χ4n) is 1.35. The zero-order chi connectivity index (χ0) is 12.4. The molecule has 0 aliphatic heterocycles. The Morgan fingerprint density at radius 3 is 2.76 bits per heavy atom. The molecular formula is C11H8N2O4. The van der Waals surface area contributed by atoms with Gasteiger partial charge in [-0.05, 0) is 12.1 Å². The second kappa shape index (κ2) is 4.09. The van der Waals surface area contributed by atoms with E-state index in [-0.39, 0.29) is 5.75 Å². The monoisotopic (exact) mass is 232 g/mol. The summed E-state index contributed by atoms with van der Waals surface area (Å²) in [6.07, 6.45) is 2.36. The number of aromatic nitrogens is 2. The van der Waals surface area contributed by atoms with Gasteiger partial charge in [-0.15, -0.1) is 0 Å². The highest BCUT2D eigenvalue weighted by Gasteiger charge is 2.10. The van der Waals surface area contributed by atoms with E-state index >= 15 is 0 Å². The van der Waals surface area contributed by atoms with Gasteiger partial charge in [0.25, 0.3) is 5.56 Å². The van der Waals surface area contributed by atoms with E-state index in [0.29, 0.717) is 5.69 Å². The predicted molar refractivity (Wildman–Crippen MR) is 58.5 cm³/mol. The molecule has 17 heavy (non-hydrogen) atoms. The van der Waals surface area contributed by atoms with Crippen molar-refractivity contribution in [2.75, 3.05) is 0 Å². The third-order valence-corrected chi connectivity index (χ3v) is 2.16. The maximum Gasteiger partial charge on any atom is 0.342 e. The summed E-state index contributed by atoms with van der Waals surface area (Å²) in [7, 11) is 0. The number of carboxylic acid groups (broad SMARTS) is 1. The minimum atomic E-state index is -1.34. The van der Waals surface area contributed by atoms with Gasteiger partial charge < -0.3 is 14.8 Å². The number of rotatable bonds is 2. The van der Waals surface area contributed by atoms with E-state index in [0.717, 1.165) is 6.20 Å². The summed E-state index contributed by atoms with van der Waals surface area (Å²) in [6, 6.07) is 6.16. The lowest BCUT2D eigenvalue weighted by molar-refractivity contribution is 0.0694. The fraction of sp³-hybridized carbons (Fsp3) is 0. The maximum absolute atomic E-state index is 11.2. The fourth-order valence-corrected chi connectivity index (χ4v) is 1.35. The van der Waals surface area contributed by atoms with E-state index in [1.54, 1.807) is 12.1 Å². The summed E-state index contributed by atoms with van der Waals surface area (Å²) >= 11 is 0. The molecule has 0 saturated heterocycles. The molecule has 0 aliphatic rings. The first kappa shape index (κ1) is 10.9. The summed E-state index contributed by atoms with van der Waals surface area (Å²) in [5.41, 5.74) is -0.704. The summed E-state index contributed by atoms with van der Waals surface area (Å²) in [4.78, 5) is 25.4. The lowest BCUT2D eigenvalue weighted by Crippen LogP contribution is -2.19. The van der Waals surface area contributed by atoms with Crippen molar-refractivity contribution in [3.8, 4) is 11.4 Å². The van der Waals surface area contributed by atoms with Crippen LogP contribution < -0.4 is 5.56 Å². The van der Waals surface area contributed by atoms with Crippen LogP contribution in [0.25, 0.3) is 5.69 Å². The lowest BCUT2D eigenvalue weighted by Gasteiger charge is -2.06. The third-order valence-electron chi connectivity index (χ3n) is 2.16. The number of hydrogen-bond acceptors (Lipinski definition) is 4. The molecule has 0 atom stereocenters. The van der Waals surface area contributed by atoms with Crippen LogP contribution in [0.15, 0.2) is 41.6 Å². The van der Waals surface area contributed by atoms with Crippen molar-refractivity contribution in [3.05, 3.63) is 52.7 Å².